The van der Waals surface area contributed by atoms with Gasteiger partial charge in [-0.2, -0.15) is 0 Å². The highest BCUT2D eigenvalue weighted by Crippen LogP contribution is 2.32. The molecule has 0 unspecified atom stereocenters. The molecule has 3 rings (SSSR count). The summed E-state index contributed by atoms with van der Waals surface area (Å²) in [4.78, 5) is 0. The highest BCUT2D eigenvalue weighted by Gasteiger charge is 2.18. The minimum absolute atomic E-state index is 0.0518. The summed E-state index contributed by atoms with van der Waals surface area (Å²) in [5.74, 6) is 0.863. The van der Waals surface area contributed by atoms with Crippen LogP contribution < -0.4 is 0 Å². The lowest BCUT2D eigenvalue weighted by molar-refractivity contribution is 0.351. The van der Waals surface area contributed by atoms with Crippen LogP contribution in [0.5, 0.6) is 0 Å². The standard InChI is InChI=1S/C23H28FI/c1-3-19-15-21(14-16(2)23(19)24)20-10-6-17(7-11-20)4-5-18-8-12-22(25)13-9-18/h6-7,10-11,14-15,18,22H,3-5,8-9,12-13H2,1-2H3. The lowest BCUT2D eigenvalue weighted by Gasteiger charge is -2.25. The first kappa shape index (κ1) is 18.9. The average molecular weight is 450 g/mol. The number of hydrogen-bond acceptors (Lipinski definition) is 0. The van der Waals surface area contributed by atoms with Crippen LogP contribution in [0, 0.1) is 18.7 Å². The summed E-state index contributed by atoms with van der Waals surface area (Å²) >= 11 is 2.60. The molecule has 0 heterocycles. The molecule has 1 aliphatic rings. The summed E-state index contributed by atoms with van der Waals surface area (Å²) in [6.45, 7) is 3.87. The van der Waals surface area contributed by atoms with Crippen LogP contribution in [0.1, 0.15) is 55.7 Å². The molecule has 1 saturated carbocycles. The second kappa shape index (κ2) is 8.66. The van der Waals surface area contributed by atoms with Crippen molar-refractivity contribution in [2.24, 2.45) is 5.92 Å². The Balaban J connectivity index is 1.65. The molecule has 2 heteroatoms. The van der Waals surface area contributed by atoms with E-state index in [4.69, 9.17) is 0 Å². The predicted octanol–water partition coefficient (Wildman–Crippen LogP) is 7.29. The first-order valence-corrected chi connectivity index (χ1v) is 10.8. The zero-order chi connectivity index (χ0) is 17.8. The number of rotatable bonds is 5. The minimum atomic E-state index is -0.0518. The molecule has 0 atom stereocenters. The third kappa shape index (κ3) is 4.84. The Labute approximate surface area is 165 Å². The summed E-state index contributed by atoms with van der Waals surface area (Å²) < 4.78 is 15.0. The smallest absolute Gasteiger partial charge is 0.129 e. The molecule has 134 valence electrons. The molecule has 0 saturated heterocycles. The summed E-state index contributed by atoms with van der Waals surface area (Å²) in [6.07, 6.45) is 8.83. The van der Waals surface area contributed by atoms with E-state index in [0.717, 1.165) is 33.0 Å². The van der Waals surface area contributed by atoms with Crippen molar-refractivity contribution in [3.8, 4) is 11.1 Å². The lowest BCUT2D eigenvalue weighted by Crippen LogP contribution is -2.14. The van der Waals surface area contributed by atoms with E-state index in [-0.39, 0.29) is 5.82 Å². The van der Waals surface area contributed by atoms with E-state index in [1.54, 1.807) is 0 Å². The van der Waals surface area contributed by atoms with E-state index in [0.29, 0.717) is 0 Å². The van der Waals surface area contributed by atoms with Crippen LogP contribution >= 0.6 is 22.6 Å². The van der Waals surface area contributed by atoms with Crippen LogP contribution in [0.25, 0.3) is 11.1 Å². The van der Waals surface area contributed by atoms with E-state index < -0.39 is 0 Å². The van der Waals surface area contributed by atoms with Crippen LogP contribution in [0.2, 0.25) is 0 Å². The van der Waals surface area contributed by atoms with Gasteiger partial charge in [0, 0.05) is 3.92 Å². The van der Waals surface area contributed by atoms with Gasteiger partial charge in [-0.15, -0.1) is 0 Å². The van der Waals surface area contributed by atoms with E-state index in [9.17, 15) is 4.39 Å². The van der Waals surface area contributed by atoms with Crippen molar-refractivity contribution >= 4 is 22.6 Å². The normalized spacial score (nSPS) is 20.6. The highest BCUT2D eigenvalue weighted by molar-refractivity contribution is 14.1. The van der Waals surface area contributed by atoms with Crippen molar-refractivity contribution in [1.29, 1.82) is 0 Å². The van der Waals surface area contributed by atoms with Crippen molar-refractivity contribution in [2.45, 2.75) is 62.7 Å². The zero-order valence-corrected chi connectivity index (χ0v) is 17.5. The monoisotopic (exact) mass is 450 g/mol. The molecular formula is C23H28FI. The average Bonchev–Trinajstić information content (AvgIpc) is 2.64. The van der Waals surface area contributed by atoms with Crippen molar-refractivity contribution in [3.05, 3.63) is 58.9 Å². The molecule has 1 fully saturated rings. The molecule has 2 aromatic rings. The van der Waals surface area contributed by atoms with Gasteiger partial charge in [0.15, 0.2) is 0 Å². The third-order valence-electron chi connectivity index (χ3n) is 5.62. The van der Waals surface area contributed by atoms with Gasteiger partial charge in [0.25, 0.3) is 0 Å². The van der Waals surface area contributed by atoms with Crippen LogP contribution in [0.4, 0.5) is 4.39 Å². The molecule has 25 heavy (non-hydrogen) atoms. The van der Waals surface area contributed by atoms with Crippen molar-refractivity contribution in [1.82, 2.24) is 0 Å². The topological polar surface area (TPSA) is 0 Å². The molecule has 2 aromatic carbocycles. The summed E-state index contributed by atoms with van der Waals surface area (Å²) in [5.41, 5.74) is 5.29. The van der Waals surface area contributed by atoms with E-state index in [2.05, 4.69) is 46.9 Å². The summed E-state index contributed by atoms with van der Waals surface area (Å²) in [7, 11) is 0. The SMILES string of the molecule is CCc1cc(-c2ccc(CCC3CCC(I)CC3)cc2)cc(C)c1F. The Bertz CT molecular complexity index is 697. The number of aryl methyl sites for hydroxylation is 3. The number of benzene rings is 2. The van der Waals surface area contributed by atoms with Gasteiger partial charge in [0.05, 0.1) is 0 Å². The number of halogens is 2. The predicted molar refractivity (Wildman–Crippen MR) is 114 cm³/mol. The van der Waals surface area contributed by atoms with Crippen molar-refractivity contribution in [2.75, 3.05) is 0 Å². The fourth-order valence-electron chi connectivity index (χ4n) is 3.91. The van der Waals surface area contributed by atoms with E-state index in [1.165, 1.54) is 49.7 Å². The molecule has 0 aromatic heterocycles. The lowest BCUT2D eigenvalue weighted by atomic mass is 9.85. The zero-order valence-electron chi connectivity index (χ0n) is 15.3. The van der Waals surface area contributed by atoms with Crippen LogP contribution in [-0.2, 0) is 12.8 Å². The fraction of sp³-hybridized carbons (Fsp3) is 0.478. The molecule has 0 aliphatic heterocycles. The van der Waals surface area contributed by atoms with Crippen molar-refractivity contribution < 1.29 is 4.39 Å². The second-order valence-corrected chi connectivity index (χ2v) is 9.23. The molecule has 0 amide bonds. The molecule has 0 radical (unpaired) electrons. The van der Waals surface area contributed by atoms with Crippen LogP contribution in [0.3, 0.4) is 0 Å². The molecule has 0 spiro atoms. The fourth-order valence-corrected chi connectivity index (χ4v) is 4.63. The van der Waals surface area contributed by atoms with Crippen LogP contribution in [0.15, 0.2) is 36.4 Å². The molecule has 1 aliphatic carbocycles. The van der Waals surface area contributed by atoms with Crippen molar-refractivity contribution in [3.63, 3.8) is 0 Å². The Morgan fingerprint density at radius 1 is 1.00 bits per heavy atom. The number of hydrogen-bond donors (Lipinski definition) is 0. The molecule has 0 N–H and O–H groups in total. The maximum atomic E-state index is 14.1. The maximum absolute atomic E-state index is 14.1. The third-order valence-corrected chi connectivity index (χ3v) is 6.86. The Hall–Kier alpha value is -0.900. The Morgan fingerprint density at radius 3 is 2.32 bits per heavy atom. The highest BCUT2D eigenvalue weighted by atomic mass is 127. The van der Waals surface area contributed by atoms with Gasteiger partial charge in [-0.25, -0.2) is 4.39 Å². The van der Waals surface area contributed by atoms with Gasteiger partial charge < -0.3 is 0 Å². The molecule has 0 nitrogen and oxygen atoms in total. The van der Waals surface area contributed by atoms with Gasteiger partial charge in [0.2, 0.25) is 0 Å². The summed E-state index contributed by atoms with van der Waals surface area (Å²) in [5, 5.41) is 0. The Kier molecular flexibility index (Phi) is 6.54. The maximum Gasteiger partial charge on any atom is 0.129 e. The first-order chi connectivity index (χ1) is 12.1. The summed E-state index contributed by atoms with van der Waals surface area (Å²) in [6, 6.07) is 12.9. The van der Waals surface area contributed by atoms with Gasteiger partial charge in [-0.3, -0.25) is 0 Å². The second-order valence-electron chi connectivity index (χ2n) is 7.47. The number of alkyl halides is 1. The first-order valence-electron chi connectivity index (χ1n) is 9.59. The van der Waals surface area contributed by atoms with E-state index in [1.807, 2.05) is 26.0 Å². The van der Waals surface area contributed by atoms with Gasteiger partial charge in [-0.05, 0) is 97.7 Å². The van der Waals surface area contributed by atoms with Gasteiger partial charge >= 0.3 is 0 Å². The molecule has 0 bridgehead atoms. The minimum Gasteiger partial charge on any atom is -0.206 e. The quantitative estimate of drug-likeness (QED) is 0.332. The molecular weight excluding hydrogens is 422 g/mol. The Morgan fingerprint density at radius 2 is 1.68 bits per heavy atom. The van der Waals surface area contributed by atoms with Gasteiger partial charge in [0.1, 0.15) is 5.82 Å². The van der Waals surface area contributed by atoms with Crippen LogP contribution in [-0.4, -0.2) is 3.92 Å². The van der Waals surface area contributed by atoms with Gasteiger partial charge in [-0.1, -0.05) is 53.8 Å². The van der Waals surface area contributed by atoms with E-state index >= 15 is 0 Å². The largest absolute Gasteiger partial charge is 0.206 e.